The van der Waals surface area contributed by atoms with Crippen molar-refractivity contribution in [1.82, 2.24) is 0 Å². The van der Waals surface area contributed by atoms with Crippen molar-refractivity contribution < 1.29 is 39.6 Å². The molecule has 0 radical (unpaired) electrons. The van der Waals surface area contributed by atoms with Crippen molar-refractivity contribution in [3.05, 3.63) is 0 Å². The van der Waals surface area contributed by atoms with Crippen LogP contribution in [-0.4, -0.2) is 44.3 Å². The highest BCUT2D eigenvalue weighted by molar-refractivity contribution is 5.87. The van der Waals surface area contributed by atoms with E-state index >= 15 is 0 Å². The monoisotopic (exact) mass is 492 g/mol. The van der Waals surface area contributed by atoms with Crippen LogP contribution in [0.3, 0.4) is 0 Å². The van der Waals surface area contributed by atoms with E-state index in [2.05, 4.69) is 47.4 Å². The fraction of sp³-hybridized carbons (Fsp3) is 0.571. The Bertz CT molecular complexity index is 970. The Hall–Kier alpha value is -3.88. The van der Waals surface area contributed by atoms with Crippen LogP contribution >= 0.6 is 0 Å². The number of hydrogen-bond acceptors (Lipinski definition) is 4. The van der Waals surface area contributed by atoms with Gasteiger partial charge in [-0.1, -0.05) is 23.7 Å². The highest BCUT2D eigenvalue weighted by Crippen LogP contribution is 2.57. The van der Waals surface area contributed by atoms with E-state index in [1.807, 2.05) is 0 Å². The predicted octanol–water partition coefficient (Wildman–Crippen LogP) is 3.01. The Morgan fingerprint density at radius 1 is 0.361 bits per heavy atom. The zero-order valence-corrected chi connectivity index (χ0v) is 19.9. The maximum absolute atomic E-state index is 10.5. The molecule has 6 saturated carbocycles. The van der Waals surface area contributed by atoms with E-state index < -0.39 is 23.9 Å². The van der Waals surface area contributed by atoms with Gasteiger partial charge in [-0.25, -0.2) is 19.2 Å². The number of carboxylic acid groups (broad SMARTS) is 4. The number of fused-ring (bicyclic) bond motifs is 6. The number of carbonyl (C=O) groups is 4. The molecule has 6 aliphatic rings. The van der Waals surface area contributed by atoms with Crippen molar-refractivity contribution in [3.8, 4) is 47.4 Å². The predicted molar refractivity (Wildman–Crippen MR) is 127 cm³/mol. The minimum Gasteiger partial charge on any atom is -0.472 e. The molecule has 4 N–H and O–H groups in total. The molecule has 6 aliphatic carbocycles. The Morgan fingerprint density at radius 3 is 0.611 bits per heavy atom. The second-order valence-electron chi connectivity index (χ2n) is 10.3. The van der Waals surface area contributed by atoms with Crippen LogP contribution in [-0.2, 0) is 19.2 Å². The molecule has 8 nitrogen and oxygen atoms in total. The van der Waals surface area contributed by atoms with Gasteiger partial charge in [0.25, 0.3) is 0 Å². The molecule has 0 amide bonds. The molecule has 188 valence electrons. The molecule has 0 aromatic heterocycles. The first-order valence-corrected chi connectivity index (χ1v) is 12.0. The summed E-state index contributed by atoms with van der Waals surface area (Å²) in [6, 6.07) is 0. The smallest absolute Gasteiger partial charge is 0.381 e. The van der Waals surface area contributed by atoms with Crippen LogP contribution in [0.25, 0.3) is 0 Å². The van der Waals surface area contributed by atoms with Crippen LogP contribution in [0.15, 0.2) is 0 Å². The van der Waals surface area contributed by atoms with Gasteiger partial charge in [0.15, 0.2) is 0 Å². The summed E-state index contributed by atoms with van der Waals surface area (Å²) >= 11 is 0. The van der Waals surface area contributed by atoms with Crippen molar-refractivity contribution in [2.75, 3.05) is 0 Å². The molecule has 0 aliphatic heterocycles. The van der Waals surface area contributed by atoms with Crippen molar-refractivity contribution in [3.63, 3.8) is 0 Å². The summed E-state index contributed by atoms with van der Waals surface area (Å²) in [7, 11) is 0. The molecule has 0 aromatic rings. The van der Waals surface area contributed by atoms with Gasteiger partial charge in [0, 0.05) is 45.3 Å². The Balaban J connectivity index is 0.000000201. The van der Waals surface area contributed by atoms with E-state index in [-0.39, 0.29) is 21.7 Å². The summed E-state index contributed by atoms with van der Waals surface area (Å²) in [5.74, 6) is 16.1. The van der Waals surface area contributed by atoms with Crippen molar-refractivity contribution >= 4 is 23.9 Å². The first kappa shape index (κ1) is 26.7. The lowest BCUT2D eigenvalue weighted by atomic mass is 9.54. The summed E-state index contributed by atoms with van der Waals surface area (Å²) in [4.78, 5) is 42.0. The van der Waals surface area contributed by atoms with Crippen molar-refractivity contribution in [2.45, 2.75) is 77.0 Å². The average Bonchev–Trinajstić information content (AvgIpc) is 2.87. The topological polar surface area (TPSA) is 149 Å². The SMILES string of the molecule is O=C(O)C#CC12CCC(C#CC(=O)O)(CC1)CC2.O=C(O)C#CC12CCC(C#CC(=O)O)(CC1)CC2. The third kappa shape index (κ3) is 6.62. The first-order chi connectivity index (χ1) is 16.9. The summed E-state index contributed by atoms with van der Waals surface area (Å²) in [6.07, 6.45) is 9.85. The quantitative estimate of drug-likeness (QED) is 0.377. The Kier molecular flexibility index (Phi) is 7.71. The van der Waals surface area contributed by atoms with Crippen LogP contribution in [0.5, 0.6) is 0 Å². The molecule has 4 bridgehead atoms. The van der Waals surface area contributed by atoms with Gasteiger partial charge in [-0.05, 0) is 77.0 Å². The third-order valence-corrected chi connectivity index (χ3v) is 8.23. The van der Waals surface area contributed by atoms with Crippen molar-refractivity contribution in [2.24, 2.45) is 21.7 Å². The second-order valence-corrected chi connectivity index (χ2v) is 10.3. The lowest BCUT2D eigenvalue weighted by Gasteiger charge is -2.48. The number of rotatable bonds is 0. The second kappa shape index (κ2) is 10.4. The van der Waals surface area contributed by atoms with E-state index in [9.17, 15) is 19.2 Å². The molecule has 0 atom stereocenters. The van der Waals surface area contributed by atoms with E-state index in [1.54, 1.807) is 0 Å². The summed E-state index contributed by atoms with van der Waals surface area (Å²) in [6.45, 7) is 0. The molecule has 0 spiro atoms. The third-order valence-electron chi connectivity index (χ3n) is 8.23. The van der Waals surface area contributed by atoms with Crippen LogP contribution in [0, 0.1) is 69.0 Å². The normalized spacial score (nSPS) is 32.7. The molecule has 6 fully saturated rings. The molecular formula is C28H28O8. The largest absolute Gasteiger partial charge is 0.472 e. The lowest BCUT2D eigenvalue weighted by Crippen LogP contribution is -2.40. The Labute approximate surface area is 209 Å². The average molecular weight is 493 g/mol. The van der Waals surface area contributed by atoms with Crippen LogP contribution < -0.4 is 0 Å². The maximum atomic E-state index is 10.5. The van der Waals surface area contributed by atoms with E-state index in [4.69, 9.17) is 20.4 Å². The van der Waals surface area contributed by atoms with E-state index in [0.29, 0.717) is 0 Å². The maximum Gasteiger partial charge on any atom is 0.381 e. The molecule has 0 saturated heterocycles. The van der Waals surface area contributed by atoms with Crippen LogP contribution in [0.4, 0.5) is 0 Å². The van der Waals surface area contributed by atoms with Gasteiger partial charge in [0.1, 0.15) is 0 Å². The molecule has 0 unspecified atom stereocenters. The van der Waals surface area contributed by atoms with Gasteiger partial charge in [0.05, 0.1) is 0 Å². The number of hydrogen-bond donors (Lipinski definition) is 4. The van der Waals surface area contributed by atoms with Gasteiger partial charge >= 0.3 is 23.9 Å². The lowest BCUT2D eigenvalue weighted by molar-refractivity contribution is -0.131. The van der Waals surface area contributed by atoms with Crippen molar-refractivity contribution in [1.29, 1.82) is 0 Å². The molecule has 36 heavy (non-hydrogen) atoms. The molecule has 0 heterocycles. The summed E-state index contributed by atoms with van der Waals surface area (Å²) < 4.78 is 0. The molecule has 8 heteroatoms. The zero-order chi connectivity index (χ0) is 26.5. The molecule has 0 aromatic carbocycles. The van der Waals surface area contributed by atoms with E-state index in [1.165, 1.54) is 0 Å². The van der Waals surface area contributed by atoms with Gasteiger partial charge in [0.2, 0.25) is 0 Å². The van der Waals surface area contributed by atoms with Gasteiger partial charge in [-0.3, -0.25) is 0 Å². The fourth-order valence-electron chi connectivity index (χ4n) is 5.87. The van der Waals surface area contributed by atoms with Crippen LogP contribution in [0.2, 0.25) is 0 Å². The van der Waals surface area contributed by atoms with Gasteiger partial charge < -0.3 is 20.4 Å². The molecular weight excluding hydrogens is 464 g/mol. The fourth-order valence-corrected chi connectivity index (χ4v) is 5.87. The number of carboxylic acids is 4. The minimum absolute atomic E-state index is 0.176. The highest BCUT2D eigenvalue weighted by atomic mass is 16.4. The van der Waals surface area contributed by atoms with Gasteiger partial charge in [-0.2, -0.15) is 0 Å². The zero-order valence-electron chi connectivity index (χ0n) is 19.9. The standard InChI is InChI=1S/2C14H14O4/c2*15-11(16)1-3-13-5-8-14(9-6-13,10-7-13)4-2-12(17)18/h2*5-10H2,(H,15,16)(H,17,18). The van der Waals surface area contributed by atoms with E-state index in [0.717, 1.165) is 77.0 Å². The van der Waals surface area contributed by atoms with Crippen LogP contribution in [0.1, 0.15) is 77.0 Å². The summed E-state index contributed by atoms with van der Waals surface area (Å²) in [5, 5.41) is 34.4. The molecule has 6 rings (SSSR count). The van der Waals surface area contributed by atoms with Gasteiger partial charge in [-0.15, -0.1) is 0 Å². The summed E-state index contributed by atoms with van der Waals surface area (Å²) in [5.41, 5.74) is -0.702. The minimum atomic E-state index is -1.09. The Morgan fingerprint density at radius 2 is 0.500 bits per heavy atom. The highest BCUT2D eigenvalue weighted by Gasteiger charge is 2.48. The first-order valence-electron chi connectivity index (χ1n) is 12.0. The number of aliphatic carboxylic acids is 4.